The molecule has 2 aromatic heterocycles. The Morgan fingerprint density at radius 2 is 1.23 bits per heavy atom. The highest BCUT2D eigenvalue weighted by Gasteiger charge is 2.31. The third-order valence-corrected chi connectivity index (χ3v) is 10.4. The fourth-order valence-corrected chi connectivity index (χ4v) is 7.26. The highest BCUT2D eigenvalue weighted by Crippen LogP contribution is 2.41. The Morgan fingerprint density at radius 1 is 0.566 bits per heavy atom. The van der Waals surface area contributed by atoms with Crippen molar-refractivity contribution in [3.05, 3.63) is 155 Å². The van der Waals surface area contributed by atoms with E-state index in [1.54, 1.807) is 0 Å². The van der Waals surface area contributed by atoms with Crippen LogP contribution in [0.2, 0.25) is 0 Å². The van der Waals surface area contributed by atoms with Crippen molar-refractivity contribution in [3.8, 4) is 17.3 Å². The molecule has 53 heavy (non-hydrogen) atoms. The first-order valence-corrected chi connectivity index (χ1v) is 18.6. The summed E-state index contributed by atoms with van der Waals surface area (Å²) < 4.78 is 11.2. The zero-order valence-corrected chi connectivity index (χ0v) is 32.4. The van der Waals surface area contributed by atoms with Gasteiger partial charge >= 0.3 is 0 Å². The van der Waals surface area contributed by atoms with Crippen LogP contribution in [-0.4, -0.2) is 15.4 Å². The molecule has 0 amide bonds. The molecular formula is C49H48N3O+. The number of hydrogen-bond donors (Lipinski definition) is 0. The average Bonchev–Trinajstić information content (AvgIpc) is 3.67. The van der Waals surface area contributed by atoms with E-state index in [1.165, 1.54) is 22.1 Å². The Hall–Kier alpha value is -5.70. The van der Waals surface area contributed by atoms with Crippen LogP contribution in [0.15, 0.2) is 128 Å². The van der Waals surface area contributed by atoms with Crippen LogP contribution in [0.4, 0.5) is 11.4 Å². The van der Waals surface area contributed by atoms with Gasteiger partial charge in [0.05, 0.1) is 16.6 Å². The van der Waals surface area contributed by atoms with Crippen LogP contribution in [0.5, 0.6) is 11.5 Å². The summed E-state index contributed by atoms with van der Waals surface area (Å²) in [6.45, 7) is 20.4. The third-order valence-electron chi connectivity index (χ3n) is 10.4. The van der Waals surface area contributed by atoms with E-state index < -0.39 is 0 Å². The first kappa shape index (κ1) is 34.4. The van der Waals surface area contributed by atoms with Crippen molar-refractivity contribution in [2.24, 2.45) is 0 Å². The Balaban J connectivity index is 1.22. The molecule has 7 aromatic rings. The van der Waals surface area contributed by atoms with E-state index in [1.807, 2.05) is 12.3 Å². The molecule has 4 heteroatoms. The summed E-state index contributed by atoms with van der Waals surface area (Å²) in [4.78, 5) is 4.85. The Kier molecular flexibility index (Phi) is 8.09. The van der Waals surface area contributed by atoms with Crippen LogP contribution in [-0.2, 0) is 16.2 Å². The van der Waals surface area contributed by atoms with E-state index in [2.05, 4.69) is 193 Å². The molecule has 0 fully saturated rings. The van der Waals surface area contributed by atoms with Crippen molar-refractivity contribution in [1.29, 1.82) is 0 Å². The topological polar surface area (TPSA) is 30.1 Å². The number of aromatic nitrogens is 2. The number of rotatable bonds is 5. The lowest BCUT2D eigenvalue weighted by atomic mass is 9.80. The number of hydrogen-bond acceptors (Lipinski definition) is 2. The average molecular weight is 695 g/mol. The zero-order valence-electron chi connectivity index (χ0n) is 32.4. The zero-order chi connectivity index (χ0) is 37.3. The van der Waals surface area contributed by atoms with E-state index in [9.17, 15) is 0 Å². The summed E-state index contributed by atoms with van der Waals surface area (Å²) in [5.74, 6) is 6.24. The normalized spacial score (nSPS) is 13.3. The fourth-order valence-electron chi connectivity index (χ4n) is 7.26. The van der Waals surface area contributed by atoms with E-state index in [0.717, 1.165) is 61.8 Å². The SMILES string of the molecule is CC(C)(C)c1cc([N+]2=C=C(c3cccc(Oc4ccc5c6ccccc6n(-c6cc(C(C)(C)C)ccn6)c5c4)c3)c3ccccc32)cc(C(C)(C)C)c1. The minimum absolute atomic E-state index is 0.00526. The lowest BCUT2D eigenvalue weighted by Gasteiger charge is -2.25. The van der Waals surface area contributed by atoms with Gasteiger partial charge in [-0.25, -0.2) is 4.98 Å². The number of nitrogens with zero attached hydrogens (tertiary/aromatic N) is 3. The second-order valence-corrected chi connectivity index (χ2v) is 17.4. The molecule has 0 atom stereocenters. The molecule has 264 valence electrons. The van der Waals surface area contributed by atoms with Gasteiger partial charge in [0.2, 0.25) is 11.4 Å². The fraction of sp³-hybridized carbons (Fsp3) is 0.245. The molecule has 0 radical (unpaired) electrons. The molecule has 0 bridgehead atoms. The maximum atomic E-state index is 6.67. The van der Waals surface area contributed by atoms with Crippen LogP contribution >= 0.6 is 0 Å². The van der Waals surface area contributed by atoms with Gasteiger partial charge in [0.15, 0.2) is 5.87 Å². The highest BCUT2D eigenvalue weighted by molar-refractivity contribution is 6.10. The predicted molar refractivity (Wildman–Crippen MR) is 223 cm³/mol. The van der Waals surface area contributed by atoms with Gasteiger partial charge in [-0.05, 0) is 87.0 Å². The van der Waals surface area contributed by atoms with E-state index >= 15 is 0 Å². The number of ether oxygens (including phenoxy) is 1. The summed E-state index contributed by atoms with van der Waals surface area (Å²) in [6.07, 6.45) is 1.92. The third kappa shape index (κ3) is 6.38. The summed E-state index contributed by atoms with van der Waals surface area (Å²) in [6, 6.07) is 43.2. The van der Waals surface area contributed by atoms with Crippen LogP contribution in [0, 0.1) is 0 Å². The van der Waals surface area contributed by atoms with Gasteiger partial charge in [0, 0.05) is 41.2 Å². The van der Waals surface area contributed by atoms with E-state index in [-0.39, 0.29) is 16.2 Å². The molecule has 3 heterocycles. The smallest absolute Gasteiger partial charge is 0.229 e. The molecule has 4 nitrogen and oxygen atoms in total. The minimum atomic E-state index is 0.00526. The molecule has 8 rings (SSSR count). The number of benzene rings is 5. The van der Waals surface area contributed by atoms with Crippen molar-refractivity contribution in [2.75, 3.05) is 0 Å². The molecule has 0 N–H and O–H groups in total. The molecule has 0 aliphatic carbocycles. The molecule has 0 saturated heterocycles. The number of pyridine rings is 1. The van der Waals surface area contributed by atoms with Crippen molar-refractivity contribution in [3.63, 3.8) is 0 Å². The second-order valence-electron chi connectivity index (χ2n) is 17.4. The Labute approximate surface area is 313 Å². The van der Waals surface area contributed by atoms with Crippen LogP contribution in [0.25, 0.3) is 33.2 Å². The van der Waals surface area contributed by atoms with Gasteiger partial charge in [-0.3, -0.25) is 4.57 Å². The van der Waals surface area contributed by atoms with E-state index in [4.69, 9.17) is 9.72 Å². The molecule has 1 aliphatic heterocycles. The van der Waals surface area contributed by atoms with Gasteiger partial charge in [-0.1, -0.05) is 111 Å². The van der Waals surface area contributed by atoms with Crippen molar-refractivity contribution in [1.82, 2.24) is 14.1 Å². The molecule has 0 spiro atoms. The molecule has 5 aromatic carbocycles. The van der Waals surface area contributed by atoms with Gasteiger partial charge in [0.25, 0.3) is 0 Å². The van der Waals surface area contributed by atoms with Crippen molar-refractivity contribution in [2.45, 2.75) is 78.6 Å². The van der Waals surface area contributed by atoms with Gasteiger partial charge < -0.3 is 4.74 Å². The van der Waals surface area contributed by atoms with E-state index in [0.29, 0.717) is 0 Å². The number of fused-ring (bicyclic) bond motifs is 4. The van der Waals surface area contributed by atoms with Gasteiger partial charge in [0.1, 0.15) is 22.9 Å². The Bertz CT molecular complexity index is 2600. The molecular weight excluding hydrogens is 647 g/mol. The number of para-hydroxylation sites is 2. The van der Waals surface area contributed by atoms with Crippen LogP contribution in [0.1, 0.15) is 90.1 Å². The lowest BCUT2D eigenvalue weighted by Crippen LogP contribution is -2.17. The Morgan fingerprint density at radius 3 is 1.96 bits per heavy atom. The maximum Gasteiger partial charge on any atom is 0.229 e. The largest absolute Gasteiger partial charge is 0.457 e. The standard InChI is InChI=1S/C49H48N3O/c1-47(2,3)33-23-24-50-46(29-33)52-44-20-13-11-17-39(44)41-22-21-38(30-45(41)52)53-37-16-14-15-32(25-37)42-31-51(43-19-12-10-18-40(42)43)36-27-34(48(4,5)6)26-35(28-36)49(7,8)9/h10-30H,1-9H3/q+1. The summed E-state index contributed by atoms with van der Waals surface area (Å²) in [5.41, 5.74) is 11.6. The lowest BCUT2D eigenvalue weighted by molar-refractivity contribution is 0.483. The summed E-state index contributed by atoms with van der Waals surface area (Å²) in [7, 11) is 0. The maximum absolute atomic E-state index is 6.67. The van der Waals surface area contributed by atoms with Crippen LogP contribution < -0.4 is 9.31 Å². The van der Waals surface area contributed by atoms with Gasteiger partial charge in [-0.15, -0.1) is 4.58 Å². The second kappa shape index (κ2) is 12.5. The first-order chi connectivity index (χ1) is 25.1. The predicted octanol–water partition coefficient (Wildman–Crippen LogP) is 12.8. The van der Waals surface area contributed by atoms with Gasteiger partial charge in [-0.2, -0.15) is 0 Å². The quantitative estimate of drug-likeness (QED) is 0.168. The van der Waals surface area contributed by atoms with Crippen molar-refractivity contribution < 1.29 is 4.74 Å². The molecule has 0 saturated carbocycles. The summed E-state index contributed by atoms with van der Waals surface area (Å²) in [5, 5.41) is 2.35. The molecule has 0 unspecified atom stereocenters. The monoisotopic (exact) mass is 694 g/mol. The van der Waals surface area contributed by atoms with Crippen molar-refractivity contribution >= 4 is 44.6 Å². The molecule has 1 aliphatic rings. The summed E-state index contributed by atoms with van der Waals surface area (Å²) >= 11 is 0. The van der Waals surface area contributed by atoms with Crippen LogP contribution in [0.3, 0.4) is 0 Å². The first-order valence-electron chi connectivity index (χ1n) is 18.6. The minimum Gasteiger partial charge on any atom is -0.457 e. The highest BCUT2D eigenvalue weighted by atomic mass is 16.5.